The predicted octanol–water partition coefficient (Wildman–Crippen LogP) is 7.32. The van der Waals surface area contributed by atoms with Crippen molar-refractivity contribution in [2.45, 2.75) is 65.5 Å². The lowest BCUT2D eigenvalue weighted by molar-refractivity contribution is 0.0636. The summed E-state index contributed by atoms with van der Waals surface area (Å²) >= 11 is 1.88. The number of benzene rings is 1. The molecule has 4 rings (SSSR count). The molecule has 1 amide bonds. The second kappa shape index (κ2) is 11.8. The lowest BCUT2D eigenvalue weighted by atomic mass is 10.0. The molecule has 0 unspecified atom stereocenters. The molecule has 3 aromatic heterocycles. The van der Waals surface area contributed by atoms with Crippen LogP contribution in [0.25, 0.3) is 33.5 Å². The van der Waals surface area contributed by atoms with E-state index in [9.17, 15) is 4.79 Å². The van der Waals surface area contributed by atoms with Crippen LogP contribution in [0.15, 0.2) is 55.0 Å². The molecule has 0 aliphatic rings. The van der Waals surface area contributed by atoms with Crippen molar-refractivity contribution in [2.75, 3.05) is 17.7 Å². The first-order valence-corrected chi connectivity index (χ1v) is 14.0. The summed E-state index contributed by atoms with van der Waals surface area (Å²) in [7, 11) is 0. The molecule has 8 nitrogen and oxygen atoms in total. The van der Waals surface area contributed by atoms with Gasteiger partial charge in [-0.25, -0.2) is 9.78 Å². The first kappa shape index (κ1) is 28.6. The number of aromatic nitrogens is 4. The number of fused-ring (bicyclic) bond motifs is 1. The minimum atomic E-state index is -0.588. The van der Waals surface area contributed by atoms with E-state index in [1.165, 1.54) is 0 Å². The van der Waals surface area contributed by atoms with Crippen LogP contribution in [0.3, 0.4) is 0 Å². The summed E-state index contributed by atoms with van der Waals surface area (Å²) in [6, 6.07) is 13.8. The molecule has 0 fully saturated rings. The van der Waals surface area contributed by atoms with Crippen LogP contribution >= 0.6 is 11.8 Å². The Labute approximate surface area is 234 Å². The van der Waals surface area contributed by atoms with E-state index in [1.807, 2.05) is 86.5 Å². The Bertz CT molecular complexity index is 1450. The number of carbonyl (C=O) groups is 1. The predicted molar refractivity (Wildman–Crippen MR) is 159 cm³/mol. The number of carbonyl (C=O) groups excluding carboxylic acids is 1. The van der Waals surface area contributed by atoms with E-state index in [-0.39, 0.29) is 4.75 Å². The molecule has 1 N–H and O–H groups in total. The second-order valence-corrected chi connectivity index (χ2v) is 13.3. The van der Waals surface area contributed by atoms with Gasteiger partial charge in [0.15, 0.2) is 0 Å². The highest BCUT2D eigenvalue weighted by Crippen LogP contribution is 2.32. The Morgan fingerprint density at radius 3 is 2.56 bits per heavy atom. The minimum absolute atomic E-state index is 0.204. The summed E-state index contributed by atoms with van der Waals surface area (Å²) in [5.74, 6) is 0.917. The molecule has 0 radical (unpaired) electrons. The molecule has 3 heterocycles. The van der Waals surface area contributed by atoms with Crippen LogP contribution in [-0.2, 0) is 16.2 Å². The Kier molecular flexibility index (Phi) is 8.61. The second-order valence-electron chi connectivity index (χ2n) is 11.3. The topological polar surface area (TPSA) is 91.2 Å². The number of hydrogen-bond acceptors (Lipinski definition) is 7. The minimum Gasteiger partial charge on any atom is -0.444 e. The van der Waals surface area contributed by atoms with E-state index in [0.717, 1.165) is 45.0 Å². The number of thioether (sulfide) groups is 1. The zero-order chi connectivity index (χ0) is 28.2. The zero-order valence-corrected chi connectivity index (χ0v) is 24.6. The Morgan fingerprint density at radius 1 is 1.05 bits per heavy atom. The number of rotatable bonds is 8. The van der Waals surface area contributed by atoms with Crippen molar-refractivity contribution in [3.63, 3.8) is 0 Å². The number of anilines is 1. The first-order chi connectivity index (χ1) is 18.4. The SMILES string of the molecule is Cc1cccc(-c2c(-c3ccc4ncc(NC(=O)OC(C)(C)C)cc4c3)ncn2COCCSC(C)(C)C)n1. The maximum absolute atomic E-state index is 12.3. The number of pyridine rings is 2. The quantitative estimate of drug-likeness (QED) is 0.231. The fraction of sp³-hybridized carbons (Fsp3) is 0.400. The zero-order valence-electron chi connectivity index (χ0n) is 23.7. The molecule has 0 spiro atoms. The number of amides is 1. The summed E-state index contributed by atoms with van der Waals surface area (Å²) in [5.41, 5.74) is 5.13. The smallest absolute Gasteiger partial charge is 0.412 e. The molecule has 0 aliphatic heterocycles. The van der Waals surface area contributed by atoms with Gasteiger partial charge in [0.25, 0.3) is 0 Å². The molecule has 0 atom stereocenters. The van der Waals surface area contributed by atoms with Gasteiger partial charge in [-0.2, -0.15) is 11.8 Å². The number of nitrogens with one attached hydrogen (secondary N) is 1. The molecule has 1 aromatic carbocycles. The van der Waals surface area contributed by atoms with Crippen LogP contribution in [0.2, 0.25) is 0 Å². The Hall–Kier alpha value is -3.43. The highest BCUT2D eigenvalue weighted by atomic mass is 32.2. The van der Waals surface area contributed by atoms with Crippen LogP contribution in [0, 0.1) is 6.92 Å². The first-order valence-electron chi connectivity index (χ1n) is 13.0. The number of hydrogen-bond donors (Lipinski definition) is 1. The van der Waals surface area contributed by atoms with E-state index in [0.29, 0.717) is 19.0 Å². The van der Waals surface area contributed by atoms with Gasteiger partial charge in [0.05, 0.1) is 47.4 Å². The Morgan fingerprint density at radius 2 is 1.85 bits per heavy atom. The van der Waals surface area contributed by atoms with Gasteiger partial charge >= 0.3 is 6.09 Å². The maximum Gasteiger partial charge on any atom is 0.412 e. The highest BCUT2D eigenvalue weighted by Gasteiger charge is 2.19. The van der Waals surface area contributed by atoms with Crippen LogP contribution in [0.1, 0.15) is 47.2 Å². The van der Waals surface area contributed by atoms with Gasteiger partial charge in [0, 0.05) is 27.1 Å². The van der Waals surface area contributed by atoms with Crippen molar-refractivity contribution >= 4 is 34.4 Å². The monoisotopic (exact) mass is 547 g/mol. The van der Waals surface area contributed by atoms with Gasteiger partial charge in [-0.3, -0.25) is 15.3 Å². The van der Waals surface area contributed by atoms with Crippen LogP contribution in [0.5, 0.6) is 0 Å². The number of aryl methyl sites for hydroxylation is 1. The summed E-state index contributed by atoms with van der Waals surface area (Å²) in [4.78, 5) is 26.3. The van der Waals surface area contributed by atoms with Crippen molar-refractivity contribution in [1.82, 2.24) is 19.5 Å². The van der Waals surface area contributed by atoms with Crippen molar-refractivity contribution in [1.29, 1.82) is 0 Å². The van der Waals surface area contributed by atoms with Crippen LogP contribution in [0.4, 0.5) is 10.5 Å². The highest BCUT2D eigenvalue weighted by molar-refractivity contribution is 8.00. The molecule has 9 heteroatoms. The third kappa shape index (κ3) is 8.03. The third-order valence-electron chi connectivity index (χ3n) is 5.56. The van der Waals surface area contributed by atoms with Crippen molar-refractivity contribution in [2.24, 2.45) is 0 Å². The van der Waals surface area contributed by atoms with E-state index < -0.39 is 11.7 Å². The number of nitrogens with zero attached hydrogens (tertiary/aromatic N) is 4. The van der Waals surface area contributed by atoms with E-state index in [4.69, 9.17) is 19.4 Å². The van der Waals surface area contributed by atoms with Gasteiger partial charge in [-0.05, 0) is 58.0 Å². The number of imidazole rings is 1. The van der Waals surface area contributed by atoms with Gasteiger partial charge in [0.1, 0.15) is 12.3 Å². The third-order valence-corrected chi connectivity index (χ3v) is 6.80. The van der Waals surface area contributed by atoms with Crippen molar-refractivity contribution in [3.8, 4) is 22.6 Å². The molecule has 0 bridgehead atoms. The molecule has 0 saturated heterocycles. The van der Waals surface area contributed by atoms with Gasteiger partial charge < -0.3 is 14.0 Å². The average molecular weight is 548 g/mol. The standard InChI is InChI=1S/C30H37N5O3S/c1-20-9-8-10-25(33-20)27-26(32-18-35(27)19-37-13-14-39-30(5,6)7)21-11-12-24-22(15-21)16-23(17-31-24)34-28(36)38-29(2,3)4/h8-12,15-18H,13-14,19H2,1-7H3,(H,34,36). The lowest BCUT2D eigenvalue weighted by Gasteiger charge is -2.19. The maximum atomic E-state index is 12.3. The molecule has 0 saturated carbocycles. The molecular weight excluding hydrogens is 510 g/mol. The van der Waals surface area contributed by atoms with Crippen LogP contribution < -0.4 is 5.32 Å². The van der Waals surface area contributed by atoms with Gasteiger partial charge in [-0.15, -0.1) is 0 Å². The van der Waals surface area contributed by atoms with Crippen LogP contribution in [-0.4, -0.2) is 48.3 Å². The summed E-state index contributed by atoms with van der Waals surface area (Å²) in [6.07, 6.45) is 2.90. The Balaban J connectivity index is 1.63. The fourth-order valence-electron chi connectivity index (χ4n) is 3.97. The lowest BCUT2D eigenvalue weighted by Crippen LogP contribution is -2.27. The summed E-state index contributed by atoms with van der Waals surface area (Å²) < 4.78 is 13.6. The van der Waals surface area contributed by atoms with Gasteiger partial charge in [0.2, 0.25) is 0 Å². The largest absolute Gasteiger partial charge is 0.444 e. The van der Waals surface area contributed by atoms with E-state index in [1.54, 1.807) is 12.5 Å². The molecular formula is C30H37N5O3S. The molecule has 206 valence electrons. The molecule has 4 aromatic rings. The van der Waals surface area contributed by atoms with E-state index >= 15 is 0 Å². The van der Waals surface area contributed by atoms with Crippen molar-refractivity contribution < 1.29 is 14.3 Å². The molecule has 0 aliphatic carbocycles. The van der Waals surface area contributed by atoms with Gasteiger partial charge in [-0.1, -0.05) is 32.9 Å². The number of ether oxygens (including phenoxy) is 2. The van der Waals surface area contributed by atoms with E-state index in [2.05, 4.69) is 31.1 Å². The summed E-state index contributed by atoms with van der Waals surface area (Å²) in [6.45, 7) is 15.1. The molecule has 39 heavy (non-hydrogen) atoms. The van der Waals surface area contributed by atoms with Crippen molar-refractivity contribution in [3.05, 3.63) is 60.7 Å². The fourth-order valence-corrected chi connectivity index (χ4v) is 4.79. The normalized spacial score (nSPS) is 12.1. The average Bonchev–Trinajstić information content (AvgIpc) is 3.25. The summed E-state index contributed by atoms with van der Waals surface area (Å²) in [5, 5.41) is 3.64.